The average Bonchev–Trinajstić information content (AvgIpc) is 3.46. The summed E-state index contributed by atoms with van der Waals surface area (Å²) < 4.78 is 7.41. The van der Waals surface area contributed by atoms with Gasteiger partial charge in [0.1, 0.15) is 0 Å². The van der Waals surface area contributed by atoms with Crippen LogP contribution in [0, 0.1) is 0 Å². The van der Waals surface area contributed by atoms with Crippen LogP contribution in [0.1, 0.15) is 31.7 Å². The Morgan fingerprint density at radius 3 is 2.72 bits per heavy atom. The van der Waals surface area contributed by atoms with Gasteiger partial charge < -0.3 is 14.4 Å². The number of hydrogen-bond donors (Lipinski definition) is 1. The highest BCUT2D eigenvalue weighted by atomic mass is 16.5. The molecule has 1 saturated carbocycles. The molecule has 0 atom stereocenters. The predicted octanol–water partition coefficient (Wildman–Crippen LogP) is 4.23. The molecule has 7 nitrogen and oxygen atoms in total. The molecule has 0 saturated heterocycles. The van der Waals surface area contributed by atoms with Gasteiger partial charge >= 0.3 is 5.69 Å². The summed E-state index contributed by atoms with van der Waals surface area (Å²) in [5, 5.41) is 4.15. The Hall–Kier alpha value is -3.35. The Balaban J connectivity index is 1.50. The van der Waals surface area contributed by atoms with Crippen molar-refractivity contribution in [2.24, 2.45) is 0 Å². The number of H-pyrrole nitrogens is 1. The minimum atomic E-state index is -0.0432. The summed E-state index contributed by atoms with van der Waals surface area (Å²) in [6, 6.07) is 14.1. The standard InChI is InChI=1S/C22H23N5O2/c1-26(2)17-9-5-6-15(12-17)21-24-20(25-29-21)14-10-11-19-18(13-14)23-22(28)27(19)16-7-3-4-8-16/h5-6,9-13,16H,3-4,7-8H2,1-2H3,(H,23,28). The van der Waals surface area contributed by atoms with E-state index in [1.165, 1.54) is 12.8 Å². The van der Waals surface area contributed by atoms with Gasteiger partial charge in [0.25, 0.3) is 5.89 Å². The van der Waals surface area contributed by atoms with Crippen LogP contribution in [0.5, 0.6) is 0 Å². The van der Waals surface area contributed by atoms with Gasteiger partial charge in [0.15, 0.2) is 0 Å². The summed E-state index contributed by atoms with van der Waals surface area (Å²) in [5.41, 5.74) is 4.45. The Kier molecular flexibility index (Phi) is 4.23. The summed E-state index contributed by atoms with van der Waals surface area (Å²) in [7, 11) is 3.98. The molecule has 1 N–H and O–H groups in total. The van der Waals surface area contributed by atoms with Crippen LogP contribution in [0.3, 0.4) is 0 Å². The van der Waals surface area contributed by atoms with Crippen LogP contribution in [0.15, 0.2) is 51.8 Å². The number of fused-ring (bicyclic) bond motifs is 1. The average molecular weight is 389 g/mol. The number of anilines is 1. The minimum absolute atomic E-state index is 0.0432. The number of aromatic amines is 1. The molecular weight excluding hydrogens is 366 g/mol. The third-order valence-corrected chi connectivity index (χ3v) is 5.70. The molecule has 0 bridgehead atoms. The highest BCUT2D eigenvalue weighted by Crippen LogP contribution is 2.32. The summed E-state index contributed by atoms with van der Waals surface area (Å²) in [6.45, 7) is 0. The van der Waals surface area contributed by atoms with Gasteiger partial charge in [-0.15, -0.1) is 0 Å². The topological polar surface area (TPSA) is 80.0 Å². The van der Waals surface area contributed by atoms with Gasteiger partial charge in [-0.05, 0) is 49.2 Å². The van der Waals surface area contributed by atoms with E-state index in [2.05, 4.69) is 15.1 Å². The van der Waals surface area contributed by atoms with Crippen LogP contribution >= 0.6 is 0 Å². The molecule has 0 radical (unpaired) electrons. The number of nitrogens with one attached hydrogen (secondary N) is 1. The fourth-order valence-corrected chi connectivity index (χ4v) is 4.17. The maximum atomic E-state index is 12.5. The van der Waals surface area contributed by atoms with E-state index in [1.54, 1.807) is 0 Å². The first kappa shape index (κ1) is 17.7. The van der Waals surface area contributed by atoms with E-state index in [0.29, 0.717) is 17.8 Å². The zero-order valence-electron chi connectivity index (χ0n) is 16.6. The predicted molar refractivity (Wildman–Crippen MR) is 113 cm³/mol. The van der Waals surface area contributed by atoms with Gasteiger partial charge in [0.2, 0.25) is 5.82 Å². The van der Waals surface area contributed by atoms with E-state index in [9.17, 15) is 4.79 Å². The molecule has 1 aliphatic rings. The van der Waals surface area contributed by atoms with Crippen LogP contribution in [-0.2, 0) is 0 Å². The highest BCUT2D eigenvalue weighted by molar-refractivity contribution is 5.81. The third kappa shape index (κ3) is 3.12. The molecule has 1 aliphatic carbocycles. The van der Waals surface area contributed by atoms with Crippen LogP contribution in [0.4, 0.5) is 5.69 Å². The summed E-state index contributed by atoms with van der Waals surface area (Å²) in [6.07, 6.45) is 4.49. The van der Waals surface area contributed by atoms with Crippen molar-refractivity contribution in [3.8, 4) is 22.8 Å². The first-order valence-electron chi connectivity index (χ1n) is 9.96. The Morgan fingerprint density at radius 2 is 1.93 bits per heavy atom. The van der Waals surface area contributed by atoms with E-state index in [-0.39, 0.29) is 5.69 Å². The molecule has 0 aliphatic heterocycles. The molecule has 0 amide bonds. The van der Waals surface area contributed by atoms with Crippen molar-refractivity contribution in [3.05, 3.63) is 52.9 Å². The number of aromatic nitrogens is 4. The van der Waals surface area contributed by atoms with Gasteiger partial charge in [-0.2, -0.15) is 4.98 Å². The van der Waals surface area contributed by atoms with Crippen molar-refractivity contribution in [2.75, 3.05) is 19.0 Å². The van der Waals surface area contributed by atoms with Gasteiger partial charge in [-0.25, -0.2) is 4.79 Å². The van der Waals surface area contributed by atoms with E-state index in [1.807, 2.05) is 66.0 Å². The van der Waals surface area contributed by atoms with Crippen molar-refractivity contribution in [1.29, 1.82) is 0 Å². The van der Waals surface area contributed by atoms with Gasteiger partial charge in [-0.1, -0.05) is 24.1 Å². The fourth-order valence-electron chi connectivity index (χ4n) is 4.17. The van der Waals surface area contributed by atoms with Gasteiger partial charge in [0, 0.05) is 37.0 Å². The zero-order valence-corrected chi connectivity index (χ0v) is 16.6. The lowest BCUT2D eigenvalue weighted by atomic mass is 10.1. The van der Waals surface area contributed by atoms with Crippen LogP contribution in [0.25, 0.3) is 33.9 Å². The second-order valence-corrected chi connectivity index (χ2v) is 7.84. The summed E-state index contributed by atoms with van der Waals surface area (Å²) >= 11 is 0. The van der Waals surface area contributed by atoms with Crippen LogP contribution in [-0.4, -0.2) is 33.8 Å². The normalized spacial score (nSPS) is 14.7. The van der Waals surface area contributed by atoms with Gasteiger partial charge in [-0.3, -0.25) is 4.57 Å². The Labute approximate surface area is 168 Å². The smallest absolute Gasteiger partial charge is 0.326 e. The molecule has 1 fully saturated rings. The van der Waals surface area contributed by atoms with E-state index >= 15 is 0 Å². The van der Waals surface area contributed by atoms with E-state index in [4.69, 9.17) is 4.52 Å². The molecule has 7 heteroatoms. The molecule has 0 spiro atoms. The quantitative estimate of drug-likeness (QED) is 0.565. The monoisotopic (exact) mass is 389 g/mol. The number of nitrogens with zero attached hydrogens (tertiary/aromatic N) is 4. The lowest BCUT2D eigenvalue weighted by Crippen LogP contribution is -2.20. The Bertz CT molecular complexity index is 1230. The van der Waals surface area contributed by atoms with E-state index in [0.717, 1.165) is 40.7 Å². The van der Waals surface area contributed by atoms with Crippen molar-refractivity contribution in [3.63, 3.8) is 0 Å². The maximum absolute atomic E-state index is 12.5. The number of imidazole rings is 1. The lowest BCUT2D eigenvalue weighted by molar-refractivity contribution is 0.432. The molecular formula is C22H23N5O2. The first-order valence-corrected chi connectivity index (χ1v) is 9.96. The number of rotatable bonds is 4. The summed E-state index contributed by atoms with van der Waals surface area (Å²) in [4.78, 5) is 22.1. The molecule has 2 aromatic carbocycles. The van der Waals surface area contributed by atoms with Crippen molar-refractivity contribution >= 4 is 16.7 Å². The second kappa shape index (κ2) is 6.92. The van der Waals surface area contributed by atoms with Crippen molar-refractivity contribution in [1.82, 2.24) is 19.7 Å². The molecule has 0 unspecified atom stereocenters. The first-order chi connectivity index (χ1) is 14.1. The third-order valence-electron chi connectivity index (χ3n) is 5.70. The summed E-state index contributed by atoms with van der Waals surface area (Å²) in [5.74, 6) is 0.979. The Morgan fingerprint density at radius 1 is 1.10 bits per heavy atom. The second-order valence-electron chi connectivity index (χ2n) is 7.84. The molecule has 2 aromatic heterocycles. The molecule has 2 heterocycles. The van der Waals surface area contributed by atoms with E-state index < -0.39 is 0 Å². The van der Waals surface area contributed by atoms with Crippen LogP contribution in [0.2, 0.25) is 0 Å². The van der Waals surface area contributed by atoms with Crippen LogP contribution < -0.4 is 10.6 Å². The zero-order chi connectivity index (χ0) is 20.0. The number of hydrogen-bond acceptors (Lipinski definition) is 5. The fraction of sp³-hybridized carbons (Fsp3) is 0.318. The minimum Gasteiger partial charge on any atom is -0.378 e. The largest absolute Gasteiger partial charge is 0.378 e. The van der Waals surface area contributed by atoms with Crippen molar-refractivity contribution < 1.29 is 4.52 Å². The SMILES string of the molecule is CN(C)c1cccc(-c2nc(-c3ccc4c(c3)[nH]c(=O)n4C3CCCC3)no2)c1. The maximum Gasteiger partial charge on any atom is 0.326 e. The van der Waals surface area contributed by atoms with Crippen molar-refractivity contribution in [2.45, 2.75) is 31.7 Å². The van der Waals surface area contributed by atoms with Gasteiger partial charge in [0.05, 0.1) is 11.0 Å². The molecule has 29 heavy (non-hydrogen) atoms. The number of benzene rings is 2. The molecule has 4 aromatic rings. The lowest BCUT2D eigenvalue weighted by Gasteiger charge is -2.12. The molecule has 148 valence electrons. The molecule has 5 rings (SSSR count). The highest BCUT2D eigenvalue weighted by Gasteiger charge is 2.21.